The third kappa shape index (κ3) is 5.95. The van der Waals surface area contributed by atoms with Gasteiger partial charge in [0.05, 0.1) is 32.0 Å². The monoisotopic (exact) mass is 476 g/mol. The number of hydrogen-bond donors (Lipinski definition) is 1. The number of benzene rings is 1. The fourth-order valence-corrected chi connectivity index (χ4v) is 5.37. The normalized spacial score (nSPS) is 29.0. The van der Waals surface area contributed by atoms with Crippen molar-refractivity contribution in [1.82, 2.24) is 0 Å². The molecule has 6 atom stereocenters. The summed E-state index contributed by atoms with van der Waals surface area (Å²) < 4.78 is 24.5. The first-order valence-electron chi connectivity index (χ1n) is 11.9. The summed E-state index contributed by atoms with van der Waals surface area (Å²) in [5.41, 5.74) is 1.04. The number of carbonyl (C=O) groups excluding carboxylic acids is 1. The Morgan fingerprint density at radius 3 is 2.42 bits per heavy atom. The van der Waals surface area contributed by atoms with E-state index in [1.54, 1.807) is 7.11 Å². The van der Waals surface area contributed by atoms with Crippen molar-refractivity contribution in [3.05, 3.63) is 42.0 Å². The van der Waals surface area contributed by atoms with Crippen LogP contribution in [0.4, 0.5) is 0 Å². The summed E-state index contributed by atoms with van der Waals surface area (Å²) in [6.07, 6.45) is 2.24. The van der Waals surface area contributed by atoms with Gasteiger partial charge in [-0.05, 0) is 48.7 Å². The zero-order valence-corrected chi connectivity index (χ0v) is 22.0. The van der Waals surface area contributed by atoms with Gasteiger partial charge in [-0.15, -0.1) is 0 Å². The van der Waals surface area contributed by atoms with Gasteiger partial charge in [0.25, 0.3) is 0 Å². The van der Waals surface area contributed by atoms with Crippen LogP contribution >= 0.6 is 0 Å². The summed E-state index contributed by atoms with van der Waals surface area (Å²) in [5.74, 6) is 0.207. The summed E-state index contributed by atoms with van der Waals surface area (Å²) in [7, 11) is -0.510. The first kappa shape index (κ1) is 26.1. The topological polar surface area (TPSA) is 74.2 Å². The molecule has 0 spiro atoms. The van der Waals surface area contributed by atoms with Crippen molar-refractivity contribution in [2.24, 2.45) is 5.92 Å². The van der Waals surface area contributed by atoms with E-state index in [0.29, 0.717) is 13.0 Å². The minimum absolute atomic E-state index is 0.00426. The summed E-state index contributed by atoms with van der Waals surface area (Å²) in [6.45, 7) is 13.3. The van der Waals surface area contributed by atoms with E-state index >= 15 is 0 Å². The Balaban J connectivity index is 1.77. The van der Waals surface area contributed by atoms with Crippen LogP contribution in [0.2, 0.25) is 18.1 Å². The van der Waals surface area contributed by atoms with E-state index in [4.69, 9.17) is 18.6 Å². The van der Waals surface area contributed by atoms with Crippen LogP contribution in [-0.4, -0.2) is 56.8 Å². The molecule has 1 aliphatic heterocycles. The van der Waals surface area contributed by atoms with Crippen LogP contribution in [0, 0.1) is 5.92 Å². The second-order valence-corrected chi connectivity index (χ2v) is 15.4. The number of Topliss-reactive ketones (excluding diaryl/α,β-unsaturated/α-hetero) is 1. The predicted molar refractivity (Wildman–Crippen MR) is 131 cm³/mol. The molecule has 0 amide bonds. The lowest BCUT2D eigenvalue weighted by molar-refractivity contribution is -0.154. The summed E-state index contributed by atoms with van der Waals surface area (Å²) in [6, 6.07) is 7.78. The molecule has 2 bridgehead atoms. The van der Waals surface area contributed by atoms with Crippen LogP contribution in [0.1, 0.15) is 46.1 Å². The number of hydrogen-bond acceptors (Lipinski definition) is 6. The van der Waals surface area contributed by atoms with Crippen molar-refractivity contribution in [3.63, 3.8) is 0 Å². The maximum atomic E-state index is 13.1. The van der Waals surface area contributed by atoms with Crippen LogP contribution < -0.4 is 4.74 Å². The lowest BCUT2D eigenvalue weighted by Crippen LogP contribution is -2.51. The number of methoxy groups -OCH3 is 1. The van der Waals surface area contributed by atoms with Gasteiger partial charge in [0, 0.05) is 5.92 Å². The van der Waals surface area contributed by atoms with Crippen molar-refractivity contribution in [1.29, 1.82) is 0 Å². The number of ketones is 1. The molecular formula is C26H40O6Si. The van der Waals surface area contributed by atoms with Crippen molar-refractivity contribution in [3.8, 4) is 5.75 Å². The highest BCUT2D eigenvalue weighted by molar-refractivity contribution is 6.74. The van der Waals surface area contributed by atoms with Gasteiger partial charge in [-0.25, -0.2) is 0 Å². The van der Waals surface area contributed by atoms with E-state index in [2.05, 4.69) is 40.8 Å². The Morgan fingerprint density at radius 2 is 1.85 bits per heavy atom. The molecule has 0 unspecified atom stereocenters. The first-order valence-corrected chi connectivity index (χ1v) is 14.9. The second-order valence-electron chi connectivity index (χ2n) is 10.7. The van der Waals surface area contributed by atoms with Gasteiger partial charge < -0.3 is 23.7 Å². The van der Waals surface area contributed by atoms with Crippen molar-refractivity contribution >= 4 is 14.1 Å². The SMILES string of the molecule is CC[C@@H](OCc1ccc(OC)cc1)[C@H]1C[C@H]2C=C[C@H](O[Si](C)(C)C(C)(C)C)[C@@H](O1)C(=O)[C@H]2O. The Kier molecular flexibility index (Phi) is 8.22. The minimum atomic E-state index is -2.15. The molecule has 1 fully saturated rings. The van der Waals surface area contributed by atoms with Gasteiger partial charge in [0.15, 0.2) is 14.1 Å². The van der Waals surface area contributed by atoms with Crippen LogP contribution in [0.15, 0.2) is 36.4 Å². The molecule has 1 aromatic carbocycles. The van der Waals surface area contributed by atoms with Gasteiger partial charge in [-0.2, -0.15) is 0 Å². The molecule has 184 valence electrons. The molecule has 2 aliphatic rings. The van der Waals surface area contributed by atoms with Gasteiger partial charge in [-0.3, -0.25) is 4.79 Å². The molecule has 33 heavy (non-hydrogen) atoms. The molecule has 1 aliphatic carbocycles. The highest BCUT2D eigenvalue weighted by atomic mass is 28.4. The Labute approximate surface area is 199 Å². The quantitative estimate of drug-likeness (QED) is 0.435. The van der Waals surface area contributed by atoms with Crippen LogP contribution in [0.5, 0.6) is 5.75 Å². The van der Waals surface area contributed by atoms with E-state index in [-0.39, 0.29) is 28.9 Å². The van der Waals surface area contributed by atoms with Crippen molar-refractivity contribution in [2.45, 2.75) is 95.8 Å². The number of rotatable bonds is 8. The molecule has 3 rings (SSSR count). The smallest absolute Gasteiger partial charge is 0.193 e. The Morgan fingerprint density at radius 1 is 1.18 bits per heavy atom. The Hall–Kier alpha value is -1.51. The molecule has 7 heteroatoms. The maximum absolute atomic E-state index is 13.1. The lowest BCUT2D eigenvalue weighted by Gasteiger charge is -2.41. The predicted octanol–water partition coefficient (Wildman–Crippen LogP) is 4.65. The van der Waals surface area contributed by atoms with E-state index < -0.39 is 26.6 Å². The highest BCUT2D eigenvalue weighted by Crippen LogP contribution is 2.40. The second kappa shape index (κ2) is 10.4. The fraction of sp³-hybridized carbons (Fsp3) is 0.654. The molecule has 1 saturated heterocycles. The van der Waals surface area contributed by atoms with E-state index in [1.165, 1.54) is 0 Å². The van der Waals surface area contributed by atoms with Crippen LogP contribution in [-0.2, 0) is 25.3 Å². The number of aliphatic hydroxyl groups excluding tert-OH is 1. The van der Waals surface area contributed by atoms with E-state index in [9.17, 15) is 9.90 Å². The number of fused-ring (bicyclic) bond motifs is 3. The molecule has 0 saturated carbocycles. The van der Waals surface area contributed by atoms with Gasteiger partial charge in [-0.1, -0.05) is 52.0 Å². The Bertz CT molecular complexity index is 828. The number of ether oxygens (including phenoxy) is 3. The number of carbonyl (C=O) groups is 1. The molecule has 0 radical (unpaired) electrons. The van der Waals surface area contributed by atoms with E-state index in [0.717, 1.165) is 17.7 Å². The molecular weight excluding hydrogens is 436 g/mol. The van der Waals surface area contributed by atoms with E-state index in [1.807, 2.05) is 36.4 Å². The summed E-state index contributed by atoms with van der Waals surface area (Å²) in [5, 5.41) is 10.8. The maximum Gasteiger partial charge on any atom is 0.193 e. The molecule has 0 aromatic heterocycles. The van der Waals surface area contributed by atoms with Crippen molar-refractivity contribution in [2.75, 3.05) is 7.11 Å². The average molecular weight is 477 g/mol. The van der Waals surface area contributed by atoms with Crippen molar-refractivity contribution < 1.29 is 28.5 Å². The zero-order chi connectivity index (χ0) is 24.4. The largest absolute Gasteiger partial charge is 0.497 e. The number of aliphatic hydroxyl groups is 1. The summed E-state index contributed by atoms with van der Waals surface area (Å²) in [4.78, 5) is 13.1. The molecule has 1 N–H and O–H groups in total. The van der Waals surface area contributed by atoms with Crippen LogP contribution in [0.25, 0.3) is 0 Å². The lowest BCUT2D eigenvalue weighted by atomic mass is 9.92. The summed E-state index contributed by atoms with van der Waals surface area (Å²) >= 11 is 0. The third-order valence-electron chi connectivity index (χ3n) is 7.33. The van der Waals surface area contributed by atoms with Gasteiger partial charge in [0.1, 0.15) is 18.0 Å². The standard InChI is InChI=1S/C26H40O6Si/c1-8-20(30-16-17-9-12-19(29-5)13-10-17)22-15-18-11-14-21(25(31-22)24(28)23(18)27)32-33(6,7)26(2,3)4/h9-14,18,20-23,25,27H,8,15-16H2,1-7H3/t18-,20-,21+,22-,23+,25-/m1/s1. The van der Waals surface area contributed by atoms with Gasteiger partial charge >= 0.3 is 0 Å². The average Bonchev–Trinajstić information content (AvgIpc) is 2.94. The minimum Gasteiger partial charge on any atom is -0.497 e. The fourth-order valence-electron chi connectivity index (χ4n) is 4.13. The molecule has 1 heterocycles. The third-order valence-corrected chi connectivity index (χ3v) is 11.8. The zero-order valence-electron chi connectivity index (χ0n) is 21.0. The highest BCUT2D eigenvalue weighted by Gasteiger charge is 2.48. The molecule has 6 nitrogen and oxygen atoms in total. The van der Waals surface area contributed by atoms with Crippen LogP contribution in [0.3, 0.4) is 0 Å². The first-order chi connectivity index (χ1) is 15.5. The molecule has 1 aromatic rings. The van der Waals surface area contributed by atoms with Gasteiger partial charge in [0.2, 0.25) is 0 Å².